The third-order valence-electron chi connectivity index (χ3n) is 2.31. The fourth-order valence-corrected chi connectivity index (χ4v) is 1.73. The number of nitrogens with zero attached hydrogens (tertiary/aromatic N) is 3. The second-order valence-electron chi connectivity index (χ2n) is 3.67. The molecule has 2 aromatic heterocycles. The number of aromatic amines is 2. The first-order valence-electron chi connectivity index (χ1n) is 4.92. The van der Waals surface area contributed by atoms with Gasteiger partial charge in [0.05, 0.1) is 6.21 Å². The maximum Gasteiger partial charge on any atom is 0.216 e. The lowest BCUT2D eigenvalue weighted by atomic mass is 10.3. The van der Waals surface area contributed by atoms with E-state index in [1.807, 2.05) is 26.8 Å². The van der Waals surface area contributed by atoms with Gasteiger partial charge in [0.15, 0.2) is 0 Å². The van der Waals surface area contributed by atoms with Crippen molar-refractivity contribution < 1.29 is 0 Å². The first kappa shape index (κ1) is 10.8. The molecule has 0 aliphatic rings. The molecule has 0 atom stereocenters. The van der Waals surface area contributed by atoms with Gasteiger partial charge in [-0.2, -0.15) is 14.9 Å². The molecule has 0 radical (unpaired) electrons. The molecule has 0 saturated carbocycles. The predicted molar refractivity (Wildman–Crippen MR) is 65.4 cm³/mol. The maximum atomic E-state index is 5.05. The summed E-state index contributed by atoms with van der Waals surface area (Å²) in [6, 6.07) is 2.04. The monoisotopic (exact) mass is 235 g/mol. The molecule has 84 valence electrons. The Morgan fingerprint density at radius 3 is 2.69 bits per heavy atom. The zero-order chi connectivity index (χ0) is 11.7. The van der Waals surface area contributed by atoms with Crippen molar-refractivity contribution in [3.8, 4) is 0 Å². The molecule has 0 bridgehead atoms. The van der Waals surface area contributed by atoms with Crippen molar-refractivity contribution in [3.05, 3.63) is 33.6 Å². The highest BCUT2D eigenvalue weighted by molar-refractivity contribution is 7.71. The third-order valence-corrected chi connectivity index (χ3v) is 2.58. The molecule has 0 fully saturated rings. The average molecular weight is 235 g/mol. The second kappa shape index (κ2) is 4.05. The highest BCUT2D eigenvalue weighted by Crippen LogP contribution is 2.06. The molecule has 2 aromatic rings. The van der Waals surface area contributed by atoms with Gasteiger partial charge in [-0.05, 0) is 39.1 Å². The Bertz CT molecular complexity index is 587. The molecule has 0 aliphatic carbocycles. The van der Waals surface area contributed by atoms with Crippen molar-refractivity contribution in [1.82, 2.24) is 19.9 Å². The van der Waals surface area contributed by atoms with Crippen molar-refractivity contribution >= 4 is 18.4 Å². The summed E-state index contributed by atoms with van der Waals surface area (Å²) in [7, 11) is 0. The van der Waals surface area contributed by atoms with Crippen LogP contribution >= 0.6 is 12.2 Å². The van der Waals surface area contributed by atoms with E-state index < -0.39 is 0 Å². The average Bonchev–Trinajstić information content (AvgIpc) is 2.69. The Labute approximate surface area is 98.2 Å². The van der Waals surface area contributed by atoms with E-state index in [0.717, 1.165) is 22.8 Å². The van der Waals surface area contributed by atoms with Crippen molar-refractivity contribution in [1.29, 1.82) is 0 Å². The minimum Gasteiger partial charge on any atom is -0.362 e. The summed E-state index contributed by atoms with van der Waals surface area (Å²) in [5.41, 5.74) is 3.26. The highest BCUT2D eigenvalue weighted by Gasteiger charge is 2.00. The normalized spacial score (nSPS) is 11.4. The molecule has 2 heterocycles. The van der Waals surface area contributed by atoms with Crippen LogP contribution in [0.15, 0.2) is 11.2 Å². The standard InChI is InChI=1S/C10H13N5S/c1-6-4-9(7(2)12-6)5-11-15-8(3)13-14-10(15)16/h4-5,12H,1-3H3,(H,14,16)/b11-5-. The van der Waals surface area contributed by atoms with Crippen molar-refractivity contribution in [2.75, 3.05) is 0 Å². The molecule has 2 rings (SSSR count). The number of aryl methyl sites for hydroxylation is 3. The van der Waals surface area contributed by atoms with Crippen molar-refractivity contribution in [2.24, 2.45) is 5.10 Å². The van der Waals surface area contributed by atoms with Gasteiger partial charge in [0, 0.05) is 17.0 Å². The Morgan fingerprint density at radius 2 is 2.19 bits per heavy atom. The molecule has 6 heteroatoms. The van der Waals surface area contributed by atoms with Crippen LogP contribution in [0.25, 0.3) is 0 Å². The van der Waals surface area contributed by atoms with Crippen LogP contribution in [0.4, 0.5) is 0 Å². The third kappa shape index (κ3) is 1.96. The van der Waals surface area contributed by atoms with Crippen LogP contribution in [0.2, 0.25) is 0 Å². The summed E-state index contributed by atoms with van der Waals surface area (Å²) in [5.74, 6) is 0.742. The van der Waals surface area contributed by atoms with Gasteiger partial charge < -0.3 is 4.98 Å². The first-order chi connectivity index (χ1) is 7.58. The predicted octanol–water partition coefficient (Wildman–Crippen LogP) is 2.08. The Kier molecular flexibility index (Phi) is 2.74. The molecule has 0 amide bonds. The van der Waals surface area contributed by atoms with Gasteiger partial charge in [-0.1, -0.05) is 0 Å². The molecule has 5 nitrogen and oxygen atoms in total. The van der Waals surface area contributed by atoms with E-state index in [2.05, 4.69) is 20.3 Å². The molecule has 16 heavy (non-hydrogen) atoms. The lowest BCUT2D eigenvalue weighted by Gasteiger charge is -1.93. The Morgan fingerprint density at radius 1 is 1.44 bits per heavy atom. The first-order valence-corrected chi connectivity index (χ1v) is 5.33. The van der Waals surface area contributed by atoms with Crippen LogP contribution in [0.5, 0.6) is 0 Å². The molecule has 0 spiro atoms. The fourth-order valence-electron chi connectivity index (χ4n) is 1.51. The topological polar surface area (TPSA) is 61.8 Å². The van der Waals surface area contributed by atoms with Gasteiger partial charge in [-0.3, -0.25) is 5.10 Å². The van der Waals surface area contributed by atoms with E-state index in [4.69, 9.17) is 12.2 Å². The number of hydrogen-bond donors (Lipinski definition) is 2. The van der Waals surface area contributed by atoms with Crippen LogP contribution in [-0.4, -0.2) is 26.1 Å². The number of aromatic nitrogens is 4. The SMILES string of the molecule is Cc1cc(/C=N\n2c(C)n[nH]c2=S)c(C)[nH]1. The van der Waals surface area contributed by atoms with Gasteiger partial charge in [-0.25, -0.2) is 0 Å². The summed E-state index contributed by atoms with van der Waals surface area (Å²) < 4.78 is 2.09. The van der Waals surface area contributed by atoms with Gasteiger partial charge in [0.25, 0.3) is 0 Å². The summed E-state index contributed by atoms with van der Waals surface area (Å²) >= 11 is 5.05. The summed E-state index contributed by atoms with van der Waals surface area (Å²) in [4.78, 5) is 3.22. The quantitative estimate of drug-likeness (QED) is 0.618. The summed E-state index contributed by atoms with van der Waals surface area (Å²) in [6.45, 7) is 5.87. The molecule has 0 aliphatic heterocycles. The smallest absolute Gasteiger partial charge is 0.216 e. The van der Waals surface area contributed by atoms with Crippen LogP contribution < -0.4 is 0 Å². The Balaban J connectivity index is 2.35. The number of hydrogen-bond acceptors (Lipinski definition) is 3. The minimum atomic E-state index is 0.499. The van der Waals surface area contributed by atoms with E-state index in [0.29, 0.717) is 4.77 Å². The molecular formula is C10H13N5S. The summed E-state index contributed by atoms with van der Waals surface area (Å²) in [5, 5.41) is 11.0. The highest BCUT2D eigenvalue weighted by atomic mass is 32.1. The van der Waals surface area contributed by atoms with E-state index >= 15 is 0 Å². The van der Waals surface area contributed by atoms with Crippen LogP contribution in [-0.2, 0) is 0 Å². The van der Waals surface area contributed by atoms with Crippen molar-refractivity contribution in [3.63, 3.8) is 0 Å². The van der Waals surface area contributed by atoms with E-state index in [1.54, 1.807) is 10.9 Å². The van der Waals surface area contributed by atoms with E-state index in [1.165, 1.54) is 0 Å². The molecule has 2 N–H and O–H groups in total. The van der Waals surface area contributed by atoms with E-state index in [-0.39, 0.29) is 0 Å². The van der Waals surface area contributed by atoms with Crippen LogP contribution in [0.3, 0.4) is 0 Å². The van der Waals surface area contributed by atoms with Crippen LogP contribution in [0.1, 0.15) is 22.8 Å². The summed E-state index contributed by atoms with van der Waals surface area (Å²) in [6.07, 6.45) is 1.77. The molecule has 0 unspecified atom stereocenters. The zero-order valence-corrected chi connectivity index (χ0v) is 10.2. The molecular weight excluding hydrogens is 222 g/mol. The molecule has 0 saturated heterocycles. The number of H-pyrrole nitrogens is 2. The molecule has 0 aromatic carbocycles. The number of nitrogens with one attached hydrogen (secondary N) is 2. The minimum absolute atomic E-state index is 0.499. The largest absolute Gasteiger partial charge is 0.362 e. The van der Waals surface area contributed by atoms with Gasteiger partial charge in [-0.15, -0.1) is 0 Å². The van der Waals surface area contributed by atoms with Crippen molar-refractivity contribution in [2.45, 2.75) is 20.8 Å². The van der Waals surface area contributed by atoms with Crippen LogP contribution in [0, 0.1) is 25.5 Å². The Hall–Kier alpha value is -1.69. The zero-order valence-electron chi connectivity index (χ0n) is 9.40. The maximum absolute atomic E-state index is 5.05. The second-order valence-corrected chi connectivity index (χ2v) is 4.05. The van der Waals surface area contributed by atoms with E-state index in [9.17, 15) is 0 Å². The lowest BCUT2D eigenvalue weighted by molar-refractivity contribution is 0.820. The van der Waals surface area contributed by atoms with Gasteiger partial charge in [0.2, 0.25) is 4.77 Å². The fraction of sp³-hybridized carbons (Fsp3) is 0.300. The van der Waals surface area contributed by atoms with Gasteiger partial charge >= 0.3 is 0 Å². The number of rotatable bonds is 2. The lowest BCUT2D eigenvalue weighted by Crippen LogP contribution is -1.93. The van der Waals surface area contributed by atoms with Gasteiger partial charge in [0.1, 0.15) is 5.82 Å².